The highest BCUT2D eigenvalue weighted by Gasteiger charge is 2.19. The fourth-order valence-electron chi connectivity index (χ4n) is 1.38. The number of ether oxygens (including phenoxy) is 1. The topological polar surface area (TPSA) is 38.3 Å². The van der Waals surface area contributed by atoms with E-state index in [4.69, 9.17) is 4.74 Å². The van der Waals surface area contributed by atoms with E-state index in [0.717, 1.165) is 10.6 Å². The number of rotatable bonds is 4. The van der Waals surface area contributed by atoms with Crippen molar-refractivity contribution in [1.82, 2.24) is 5.32 Å². The Labute approximate surface area is 113 Å². The molecule has 1 N–H and O–H groups in total. The number of amides is 1. The van der Waals surface area contributed by atoms with Crippen LogP contribution in [0, 0.1) is 0 Å². The van der Waals surface area contributed by atoms with Crippen LogP contribution in [0.5, 0.6) is 5.75 Å². The molecule has 0 aromatic heterocycles. The largest absolute Gasteiger partial charge is 0.497 e. The molecule has 1 rings (SSSR count). The van der Waals surface area contributed by atoms with Crippen LogP contribution in [0.1, 0.15) is 27.7 Å². The highest BCUT2D eigenvalue weighted by molar-refractivity contribution is 8.00. The first-order valence-corrected chi connectivity index (χ1v) is 6.82. The first-order chi connectivity index (χ1) is 8.31. The van der Waals surface area contributed by atoms with Gasteiger partial charge >= 0.3 is 0 Å². The van der Waals surface area contributed by atoms with Gasteiger partial charge in [-0.05, 0) is 52.0 Å². The van der Waals surface area contributed by atoms with E-state index in [0.29, 0.717) is 0 Å². The van der Waals surface area contributed by atoms with Crippen LogP contribution < -0.4 is 10.1 Å². The van der Waals surface area contributed by atoms with Crippen LogP contribution >= 0.6 is 11.8 Å². The van der Waals surface area contributed by atoms with Gasteiger partial charge in [-0.3, -0.25) is 4.79 Å². The number of thioether (sulfide) groups is 1. The van der Waals surface area contributed by atoms with E-state index in [9.17, 15) is 4.79 Å². The number of hydrogen-bond acceptors (Lipinski definition) is 3. The van der Waals surface area contributed by atoms with Crippen LogP contribution in [0.4, 0.5) is 0 Å². The summed E-state index contributed by atoms with van der Waals surface area (Å²) in [7, 11) is 1.64. The van der Waals surface area contributed by atoms with Crippen LogP contribution in [0.25, 0.3) is 0 Å². The van der Waals surface area contributed by atoms with Gasteiger partial charge in [-0.2, -0.15) is 0 Å². The molecular weight excluding hydrogens is 246 g/mol. The third kappa shape index (κ3) is 5.00. The molecule has 0 heterocycles. The molecule has 0 saturated carbocycles. The van der Waals surface area contributed by atoms with Gasteiger partial charge in [0.25, 0.3) is 0 Å². The SMILES string of the molecule is COc1ccc(S[C@@H](C)C(=O)NC(C)(C)C)cc1. The first kappa shape index (κ1) is 14.9. The van der Waals surface area contributed by atoms with Crippen molar-refractivity contribution in [3.8, 4) is 5.75 Å². The normalized spacial score (nSPS) is 12.9. The maximum Gasteiger partial charge on any atom is 0.233 e. The summed E-state index contributed by atoms with van der Waals surface area (Å²) in [4.78, 5) is 13.0. The molecule has 0 bridgehead atoms. The van der Waals surface area contributed by atoms with E-state index in [1.165, 1.54) is 0 Å². The minimum absolute atomic E-state index is 0.0586. The molecule has 0 aliphatic rings. The van der Waals surface area contributed by atoms with Crippen molar-refractivity contribution in [3.05, 3.63) is 24.3 Å². The van der Waals surface area contributed by atoms with Crippen molar-refractivity contribution in [2.24, 2.45) is 0 Å². The minimum Gasteiger partial charge on any atom is -0.497 e. The highest BCUT2D eigenvalue weighted by atomic mass is 32.2. The fourth-order valence-corrected chi connectivity index (χ4v) is 2.25. The summed E-state index contributed by atoms with van der Waals surface area (Å²) in [6.07, 6.45) is 0. The van der Waals surface area contributed by atoms with Crippen molar-refractivity contribution in [2.45, 2.75) is 43.4 Å². The van der Waals surface area contributed by atoms with Crippen molar-refractivity contribution >= 4 is 17.7 Å². The van der Waals surface area contributed by atoms with Gasteiger partial charge in [0.05, 0.1) is 12.4 Å². The lowest BCUT2D eigenvalue weighted by atomic mass is 10.1. The van der Waals surface area contributed by atoms with Crippen molar-refractivity contribution < 1.29 is 9.53 Å². The lowest BCUT2D eigenvalue weighted by Crippen LogP contribution is -2.44. The number of hydrogen-bond donors (Lipinski definition) is 1. The van der Waals surface area contributed by atoms with Crippen LogP contribution in [0.15, 0.2) is 29.2 Å². The molecule has 4 heteroatoms. The van der Waals surface area contributed by atoms with E-state index in [1.54, 1.807) is 18.9 Å². The summed E-state index contributed by atoms with van der Waals surface area (Å²) in [6.45, 7) is 7.86. The molecule has 100 valence electrons. The molecule has 0 saturated heterocycles. The van der Waals surface area contributed by atoms with E-state index < -0.39 is 0 Å². The number of methoxy groups -OCH3 is 1. The average molecular weight is 267 g/mol. The quantitative estimate of drug-likeness (QED) is 0.852. The summed E-state index contributed by atoms with van der Waals surface area (Å²) in [5.74, 6) is 0.884. The Morgan fingerprint density at radius 2 is 1.83 bits per heavy atom. The Morgan fingerprint density at radius 1 is 1.28 bits per heavy atom. The lowest BCUT2D eigenvalue weighted by Gasteiger charge is -2.23. The third-order valence-corrected chi connectivity index (χ3v) is 3.35. The third-order valence-electron chi connectivity index (χ3n) is 2.24. The molecule has 1 amide bonds. The van der Waals surface area contributed by atoms with Gasteiger partial charge in [0, 0.05) is 10.4 Å². The highest BCUT2D eigenvalue weighted by Crippen LogP contribution is 2.25. The molecule has 0 unspecified atom stereocenters. The predicted octanol–water partition coefficient (Wildman–Crippen LogP) is 3.09. The lowest BCUT2D eigenvalue weighted by molar-refractivity contribution is -0.121. The molecule has 1 aromatic carbocycles. The summed E-state index contributed by atoms with van der Waals surface area (Å²) in [6, 6.07) is 7.72. The monoisotopic (exact) mass is 267 g/mol. The zero-order chi connectivity index (χ0) is 13.8. The Morgan fingerprint density at radius 3 is 2.28 bits per heavy atom. The van der Waals surface area contributed by atoms with Gasteiger partial charge in [0.15, 0.2) is 0 Å². The molecule has 1 aromatic rings. The maximum absolute atomic E-state index is 11.9. The van der Waals surface area contributed by atoms with Crippen molar-refractivity contribution in [1.29, 1.82) is 0 Å². The minimum atomic E-state index is -0.189. The van der Waals surface area contributed by atoms with E-state index in [1.807, 2.05) is 52.0 Å². The Bertz CT molecular complexity index is 395. The van der Waals surface area contributed by atoms with Gasteiger partial charge in [0.1, 0.15) is 5.75 Å². The fraction of sp³-hybridized carbons (Fsp3) is 0.500. The maximum atomic E-state index is 11.9. The molecule has 18 heavy (non-hydrogen) atoms. The molecule has 0 radical (unpaired) electrons. The number of nitrogens with one attached hydrogen (secondary N) is 1. The second-order valence-corrected chi connectivity index (χ2v) is 6.59. The molecule has 3 nitrogen and oxygen atoms in total. The van der Waals surface area contributed by atoms with Gasteiger partial charge in [-0.1, -0.05) is 0 Å². The molecule has 0 fully saturated rings. The van der Waals surface area contributed by atoms with Crippen LogP contribution in [0.2, 0.25) is 0 Å². The van der Waals surface area contributed by atoms with Gasteiger partial charge < -0.3 is 10.1 Å². The van der Waals surface area contributed by atoms with Gasteiger partial charge in [-0.25, -0.2) is 0 Å². The smallest absolute Gasteiger partial charge is 0.233 e. The number of carbonyl (C=O) groups is 1. The van der Waals surface area contributed by atoms with Gasteiger partial charge in [-0.15, -0.1) is 11.8 Å². The summed E-state index contributed by atoms with van der Waals surface area (Å²) in [5, 5.41) is 2.86. The van der Waals surface area contributed by atoms with Crippen molar-refractivity contribution in [2.75, 3.05) is 7.11 Å². The zero-order valence-electron chi connectivity index (χ0n) is 11.6. The zero-order valence-corrected chi connectivity index (χ0v) is 12.4. The van der Waals surface area contributed by atoms with Crippen LogP contribution in [0.3, 0.4) is 0 Å². The molecular formula is C14H21NO2S. The van der Waals surface area contributed by atoms with E-state index in [2.05, 4.69) is 5.32 Å². The Kier molecular flexibility index (Phi) is 5.08. The molecule has 0 aliphatic carbocycles. The van der Waals surface area contributed by atoms with Crippen molar-refractivity contribution in [3.63, 3.8) is 0 Å². The van der Waals surface area contributed by atoms with E-state index in [-0.39, 0.29) is 16.7 Å². The Balaban J connectivity index is 2.58. The van der Waals surface area contributed by atoms with Gasteiger partial charge in [0.2, 0.25) is 5.91 Å². The Hall–Kier alpha value is -1.16. The first-order valence-electron chi connectivity index (χ1n) is 5.94. The second-order valence-electron chi connectivity index (χ2n) is 5.17. The van der Waals surface area contributed by atoms with Crippen LogP contribution in [-0.4, -0.2) is 23.8 Å². The number of benzene rings is 1. The predicted molar refractivity (Wildman–Crippen MR) is 76.2 cm³/mol. The molecule has 1 atom stereocenters. The molecule has 0 aliphatic heterocycles. The standard InChI is InChI=1S/C14H21NO2S/c1-10(13(16)15-14(2,3)4)18-12-8-6-11(17-5)7-9-12/h6-10H,1-5H3,(H,15,16)/t10-/m0/s1. The summed E-state index contributed by atoms with van der Waals surface area (Å²) < 4.78 is 5.10. The summed E-state index contributed by atoms with van der Waals surface area (Å²) in [5.41, 5.74) is -0.189. The van der Waals surface area contributed by atoms with Crippen LogP contribution in [-0.2, 0) is 4.79 Å². The van der Waals surface area contributed by atoms with E-state index >= 15 is 0 Å². The summed E-state index contributed by atoms with van der Waals surface area (Å²) >= 11 is 1.54. The molecule has 0 spiro atoms. The average Bonchev–Trinajstić information content (AvgIpc) is 2.27. The number of carbonyl (C=O) groups excluding carboxylic acids is 1. The second kappa shape index (κ2) is 6.14.